The van der Waals surface area contributed by atoms with E-state index in [4.69, 9.17) is 0 Å². The van der Waals surface area contributed by atoms with E-state index in [0.29, 0.717) is 24.5 Å². The third-order valence-corrected chi connectivity index (χ3v) is 4.02. The van der Waals surface area contributed by atoms with Gasteiger partial charge >= 0.3 is 0 Å². The number of piperidine rings is 1. The van der Waals surface area contributed by atoms with E-state index >= 15 is 0 Å². The first-order valence-electron chi connectivity index (χ1n) is 6.92. The molecule has 1 amide bonds. The van der Waals surface area contributed by atoms with Crippen molar-refractivity contribution in [1.82, 2.24) is 15.1 Å². The van der Waals surface area contributed by atoms with Crippen LogP contribution in [0.4, 0.5) is 0 Å². The van der Waals surface area contributed by atoms with Crippen LogP contribution in [0.2, 0.25) is 0 Å². The van der Waals surface area contributed by atoms with Gasteiger partial charge < -0.3 is 10.2 Å². The van der Waals surface area contributed by atoms with E-state index in [0.717, 1.165) is 19.6 Å². The Kier molecular flexibility index (Phi) is 4.40. The molecule has 4 heteroatoms. The zero-order valence-electron chi connectivity index (χ0n) is 11.1. The fourth-order valence-corrected chi connectivity index (χ4v) is 2.59. The lowest BCUT2D eigenvalue weighted by molar-refractivity contribution is -0.132. The number of likely N-dealkylation sites (N-methyl/N-ethyl adjacent to an activating group) is 2. The van der Waals surface area contributed by atoms with E-state index in [1.54, 1.807) is 0 Å². The first-order valence-corrected chi connectivity index (χ1v) is 6.92. The Hall–Kier alpha value is -0.610. The average molecular weight is 239 g/mol. The molecular weight excluding hydrogens is 214 g/mol. The molecule has 2 aliphatic rings. The van der Waals surface area contributed by atoms with Gasteiger partial charge in [-0.2, -0.15) is 0 Å². The van der Waals surface area contributed by atoms with Crippen molar-refractivity contribution in [2.75, 3.05) is 33.2 Å². The van der Waals surface area contributed by atoms with E-state index in [-0.39, 0.29) is 0 Å². The predicted octanol–water partition coefficient (Wildman–Crippen LogP) is 0.681. The normalized spacial score (nSPS) is 25.0. The van der Waals surface area contributed by atoms with Crippen LogP contribution >= 0.6 is 0 Å². The minimum absolute atomic E-state index is 0.292. The van der Waals surface area contributed by atoms with Gasteiger partial charge in [0.15, 0.2) is 0 Å². The van der Waals surface area contributed by atoms with E-state index in [1.165, 1.54) is 25.7 Å². The van der Waals surface area contributed by atoms with E-state index in [9.17, 15) is 4.79 Å². The van der Waals surface area contributed by atoms with Gasteiger partial charge in [0.25, 0.3) is 0 Å². The quantitative estimate of drug-likeness (QED) is 0.766. The Bertz CT molecular complexity index is 259. The summed E-state index contributed by atoms with van der Waals surface area (Å²) in [7, 11) is 1.95. The molecule has 0 radical (unpaired) electrons. The van der Waals surface area contributed by atoms with Gasteiger partial charge in [-0.15, -0.1) is 0 Å². The number of nitrogens with zero attached hydrogens (tertiary/aromatic N) is 2. The first kappa shape index (κ1) is 12.8. The van der Waals surface area contributed by atoms with Crippen molar-refractivity contribution in [2.24, 2.45) is 0 Å². The third kappa shape index (κ3) is 3.42. The minimum atomic E-state index is 0.292. The SMILES string of the molecule is CCN(CC(=O)N(C)C1CC1)C1CCCNC1. The van der Waals surface area contributed by atoms with E-state index < -0.39 is 0 Å². The van der Waals surface area contributed by atoms with Gasteiger partial charge in [-0.05, 0) is 38.8 Å². The highest BCUT2D eigenvalue weighted by Crippen LogP contribution is 2.25. The molecule has 0 spiro atoms. The molecule has 0 bridgehead atoms. The van der Waals surface area contributed by atoms with Gasteiger partial charge in [-0.3, -0.25) is 9.69 Å². The summed E-state index contributed by atoms with van der Waals surface area (Å²) < 4.78 is 0. The Morgan fingerprint density at radius 1 is 1.29 bits per heavy atom. The van der Waals surface area contributed by atoms with Crippen LogP contribution in [0.25, 0.3) is 0 Å². The molecule has 0 aromatic heterocycles. The molecule has 0 aromatic rings. The van der Waals surface area contributed by atoms with Gasteiger partial charge in [0.2, 0.25) is 5.91 Å². The van der Waals surface area contributed by atoms with Crippen LogP contribution in [-0.2, 0) is 4.79 Å². The molecule has 1 unspecified atom stereocenters. The molecule has 98 valence electrons. The highest BCUT2D eigenvalue weighted by Gasteiger charge is 2.31. The average Bonchev–Trinajstić information content (AvgIpc) is 3.20. The van der Waals surface area contributed by atoms with Crippen LogP contribution in [0.15, 0.2) is 0 Å². The van der Waals surface area contributed by atoms with Crippen LogP contribution in [0.5, 0.6) is 0 Å². The summed E-state index contributed by atoms with van der Waals surface area (Å²) in [6.45, 7) is 5.88. The van der Waals surface area contributed by atoms with Gasteiger partial charge in [0.05, 0.1) is 6.54 Å². The summed E-state index contributed by atoms with van der Waals surface area (Å²) in [5.74, 6) is 0.292. The maximum Gasteiger partial charge on any atom is 0.236 e. The lowest BCUT2D eigenvalue weighted by atomic mass is 10.1. The van der Waals surface area contributed by atoms with Gasteiger partial charge in [-0.25, -0.2) is 0 Å². The standard InChI is InChI=1S/C13H25N3O/c1-3-16(12-5-4-8-14-9-12)10-13(17)15(2)11-6-7-11/h11-12,14H,3-10H2,1-2H3. The van der Waals surface area contributed by atoms with Crippen molar-refractivity contribution in [2.45, 2.75) is 44.7 Å². The lowest BCUT2D eigenvalue weighted by Gasteiger charge is -2.34. The van der Waals surface area contributed by atoms with Crippen LogP contribution in [0.1, 0.15) is 32.6 Å². The number of amides is 1. The summed E-state index contributed by atoms with van der Waals surface area (Å²) in [4.78, 5) is 16.4. The van der Waals surface area contributed by atoms with Crippen molar-refractivity contribution in [3.63, 3.8) is 0 Å². The van der Waals surface area contributed by atoms with Crippen LogP contribution in [0.3, 0.4) is 0 Å². The highest BCUT2D eigenvalue weighted by molar-refractivity contribution is 5.78. The first-order chi connectivity index (χ1) is 8.22. The molecule has 17 heavy (non-hydrogen) atoms. The molecule has 4 nitrogen and oxygen atoms in total. The lowest BCUT2D eigenvalue weighted by Crippen LogP contribution is -2.49. The molecule has 1 atom stereocenters. The molecular formula is C13H25N3O. The van der Waals surface area contributed by atoms with Gasteiger partial charge in [0, 0.05) is 25.7 Å². The molecule has 1 heterocycles. The second-order valence-corrected chi connectivity index (χ2v) is 5.30. The number of rotatable bonds is 5. The number of carbonyl (C=O) groups is 1. The molecule has 1 N–H and O–H groups in total. The second-order valence-electron chi connectivity index (χ2n) is 5.30. The molecule has 1 aliphatic heterocycles. The summed E-state index contributed by atoms with van der Waals surface area (Å²) in [5, 5.41) is 3.42. The van der Waals surface area contributed by atoms with Crippen molar-refractivity contribution in [3.05, 3.63) is 0 Å². The second kappa shape index (κ2) is 5.83. The molecule has 1 saturated carbocycles. The molecule has 0 aromatic carbocycles. The monoisotopic (exact) mass is 239 g/mol. The zero-order chi connectivity index (χ0) is 12.3. The van der Waals surface area contributed by atoms with E-state index in [1.807, 2.05) is 11.9 Å². The molecule has 2 fully saturated rings. The number of hydrogen-bond donors (Lipinski definition) is 1. The number of hydrogen-bond acceptors (Lipinski definition) is 3. The van der Waals surface area contributed by atoms with Crippen molar-refractivity contribution >= 4 is 5.91 Å². The highest BCUT2D eigenvalue weighted by atomic mass is 16.2. The Labute approximate surface area is 104 Å². The molecule has 1 saturated heterocycles. The van der Waals surface area contributed by atoms with Crippen molar-refractivity contribution in [3.8, 4) is 0 Å². The largest absolute Gasteiger partial charge is 0.342 e. The Balaban J connectivity index is 1.82. The summed E-state index contributed by atoms with van der Waals surface area (Å²) >= 11 is 0. The van der Waals surface area contributed by atoms with Crippen LogP contribution in [0, 0.1) is 0 Å². The fraction of sp³-hybridized carbons (Fsp3) is 0.923. The topological polar surface area (TPSA) is 35.6 Å². The maximum absolute atomic E-state index is 12.1. The molecule has 1 aliphatic carbocycles. The van der Waals surface area contributed by atoms with Crippen molar-refractivity contribution < 1.29 is 4.79 Å². The Morgan fingerprint density at radius 2 is 2.06 bits per heavy atom. The molecule has 2 rings (SSSR count). The minimum Gasteiger partial charge on any atom is -0.342 e. The number of nitrogens with one attached hydrogen (secondary N) is 1. The van der Waals surface area contributed by atoms with Gasteiger partial charge in [0.1, 0.15) is 0 Å². The number of carbonyl (C=O) groups excluding carboxylic acids is 1. The van der Waals surface area contributed by atoms with E-state index in [2.05, 4.69) is 17.1 Å². The smallest absolute Gasteiger partial charge is 0.236 e. The van der Waals surface area contributed by atoms with Gasteiger partial charge in [-0.1, -0.05) is 6.92 Å². The zero-order valence-corrected chi connectivity index (χ0v) is 11.1. The predicted molar refractivity (Wildman–Crippen MR) is 68.9 cm³/mol. The fourth-order valence-electron chi connectivity index (χ4n) is 2.59. The summed E-state index contributed by atoms with van der Waals surface area (Å²) in [5.41, 5.74) is 0. The van der Waals surface area contributed by atoms with Crippen LogP contribution in [-0.4, -0.2) is 61.0 Å². The summed E-state index contributed by atoms with van der Waals surface area (Å²) in [6.07, 6.45) is 4.84. The summed E-state index contributed by atoms with van der Waals surface area (Å²) in [6, 6.07) is 1.08. The Morgan fingerprint density at radius 3 is 2.59 bits per heavy atom. The maximum atomic E-state index is 12.1. The van der Waals surface area contributed by atoms with Crippen LogP contribution < -0.4 is 5.32 Å². The van der Waals surface area contributed by atoms with Crippen molar-refractivity contribution in [1.29, 1.82) is 0 Å². The third-order valence-electron chi connectivity index (χ3n) is 4.02.